The zero-order chi connectivity index (χ0) is 27.0. The molecular weight excluding hydrogens is 549 g/mol. The lowest BCUT2D eigenvalue weighted by Crippen LogP contribution is -2.26. The number of carbonyl (C=O) groups is 2. The van der Waals surface area contributed by atoms with E-state index in [-0.39, 0.29) is 17.0 Å². The summed E-state index contributed by atoms with van der Waals surface area (Å²) in [5.74, 6) is 0.223. The summed E-state index contributed by atoms with van der Waals surface area (Å²) in [6.45, 7) is 2.50. The molecule has 0 spiro atoms. The minimum absolute atomic E-state index is 0.208. The number of hydrogen-bond donors (Lipinski definition) is 1. The summed E-state index contributed by atoms with van der Waals surface area (Å²) in [6.07, 6.45) is 3.01. The van der Waals surface area contributed by atoms with Gasteiger partial charge in [0.15, 0.2) is 5.13 Å². The number of amides is 2. The molecule has 5 rings (SSSR count). The Balaban J connectivity index is 1.36. The minimum atomic E-state index is -0.383. The van der Waals surface area contributed by atoms with Crippen molar-refractivity contribution in [3.05, 3.63) is 80.3 Å². The monoisotopic (exact) mass is 569 g/mol. The molecule has 0 radical (unpaired) electrons. The maximum Gasteiger partial charge on any atom is 0.259 e. The highest BCUT2D eigenvalue weighted by Gasteiger charge is 2.30. The molecule has 4 heterocycles. The van der Waals surface area contributed by atoms with Crippen molar-refractivity contribution in [1.82, 2.24) is 19.9 Å². The SMILES string of the molecule is COc1cnc(Cl)cc1-c1cc(C)ncc1C(=O)Nc1nc2c(s1)CN(C(=O)c1cccc(Cl)c1OC)C2. The van der Waals surface area contributed by atoms with Crippen LogP contribution in [0.1, 0.15) is 37.0 Å². The van der Waals surface area contributed by atoms with Gasteiger partial charge >= 0.3 is 0 Å². The molecule has 0 fully saturated rings. The second-order valence-corrected chi connectivity index (χ2v) is 10.3. The van der Waals surface area contributed by atoms with Crippen LogP contribution in [0.5, 0.6) is 11.5 Å². The van der Waals surface area contributed by atoms with E-state index in [0.717, 1.165) is 16.3 Å². The number of aromatic nitrogens is 3. The van der Waals surface area contributed by atoms with Crippen molar-refractivity contribution in [2.45, 2.75) is 20.0 Å². The van der Waals surface area contributed by atoms with E-state index in [1.165, 1.54) is 38.0 Å². The molecule has 1 N–H and O–H groups in total. The lowest BCUT2D eigenvalue weighted by atomic mass is 10.0. The number of benzene rings is 1. The summed E-state index contributed by atoms with van der Waals surface area (Å²) in [6, 6.07) is 8.49. The number of hydrogen-bond acceptors (Lipinski definition) is 8. The van der Waals surface area contributed by atoms with Gasteiger partial charge in [-0.15, -0.1) is 0 Å². The van der Waals surface area contributed by atoms with Crippen molar-refractivity contribution in [1.29, 1.82) is 0 Å². The van der Waals surface area contributed by atoms with Crippen LogP contribution in [-0.2, 0) is 13.1 Å². The fourth-order valence-electron chi connectivity index (χ4n) is 4.21. The second kappa shape index (κ2) is 10.6. The molecule has 194 valence electrons. The highest BCUT2D eigenvalue weighted by molar-refractivity contribution is 7.16. The average molecular weight is 570 g/mol. The Bertz CT molecular complexity index is 1550. The third-order valence-corrected chi connectivity index (χ3v) is 7.49. The number of nitrogens with zero attached hydrogens (tertiary/aromatic N) is 4. The molecule has 1 aliphatic heterocycles. The number of rotatable bonds is 6. The van der Waals surface area contributed by atoms with Gasteiger partial charge in [-0.3, -0.25) is 19.9 Å². The Morgan fingerprint density at radius 2 is 1.84 bits per heavy atom. The number of halogens is 2. The summed E-state index contributed by atoms with van der Waals surface area (Å²) in [7, 11) is 3.00. The number of thiazole rings is 1. The Labute approximate surface area is 232 Å². The number of methoxy groups -OCH3 is 2. The molecule has 0 atom stereocenters. The van der Waals surface area contributed by atoms with Crippen molar-refractivity contribution >= 4 is 51.5 Å². The second-order valence-electron chi connectivity index (χ2n) is 8.40. The van der Waals surface area contributed by atoms with Crippen molar-refractivity contribution in [3.63, 3.8) is 0 Å². The quantitative estimate of drug-likeness (QED) is 0.299. The highest BCUT2D eigenvalue weighted by Crippen LogP contribution is 2.37. The minimum Gasteiger partial charge on any atom is -0.494 e. The van der Waals surface area contributed by atoms with Gasteiger partial charge in [0.05, 0.1) is 60.2 Å². The number of pyridine rings is 2. The summed E-state index contributed by atoms with van der Waals surface area (Å²) in [5.41, 5.74) is 3.39. The van der Waals surface area contributed by atoms with Crippen LogP contribution in [0.2, 0.25) is 10.2 Å². The Kier molecular flexibility index (Phi) is 7.20. The molecule has 3 aromatic heterocycles. The Morgan fingerprint density at radius 1 is 1.03 bits per heavy atom. The number of fused-ring (bicyclic) bond motifs is 1. The number of anilines is 1. The molecule has 4 aromatic rings. The van der Waals surface area contributed by atoms with Crippen LogP contribution in [0.3, 0.4) is 0 Å². The van der Waals surface area contributed by atoms with Gasteiger partial charge in [0, 0.05) is 23.0 Å². The maximum absolute atomic E-state index is 13.3. The number of nitrogens with one attached hydrogen (secondary N) is 1. The lowest BCUT2D eigenvalue weighted by molar-refractivity contribution is 0.0747. The maximum atomic E-state index is 13.3. The predicted molar refractivity (Wildman–Crippen MR) is 145 cm³/mol. The molecule has 1 aromatic carbocycles. The topological polar surface area (TPSA) is 107 Å². The fourth-order valence-corrected chi connectivity index (χ4v) is 5.60. The molecule has 0 aliphatic carbocycles. The van der Waals surface area contributed by atoms with Crippen LogP contribution >= 0.6 is 34.5 Å². The number of aryl methyl sites for hydroxylation is 1. The van der Waals surface area contributed by atoms with Gasteiger partial charge in [-0.25, -0.2) is 9.97 Å². The fraction of sp³-hybridized carbons (Fsp3) is 0.192. The van der Waals surface area contributed by atoms with Crippen molar-refractivity contribution in [2.24, 2.45) is 0 Å². The van der Waals surface area contributed by atoms with E-state index in [9.17, 15) is 9.59 Å². The molecule has 0 saturated carbocycles. The van der Waals surface area contributed by atoms with Crippen LogP contribution in [0.4, 0.5) is 5.13 Å². The van der Waals surface area contributed by atoms with Gasteiger partial charge in [-0.05, 0) is 31.2 Å². The van der Waals surface area contributed by atoms with Gasteiger partial charge in [0.25, 0.3) is 11.8 Å². The zero-order valence-electron chi connectivity index (χ0n) is 20.5. The van der Waals surface area contributed by atoms with Gasteiger partial charge in [-0.2, -0.15) is 0 Å². The van der Waals surface area contributed by atoms with Crippen LogP contribution in [0, 0.1) is 6.92 Å². The van der Waals surface area contributed by atoms with Crippen molar-refractivity contribution < 1.29 is 19.1 Å². The van der Waals surface area contributed by atoms with Gasteiger partial charge < -0.3 is 14.4 Å². The van der Waals surface area contributed by atoms with Crippen molar-refractivity contribution in [2.75, 3.05) is 19.5 Å². The Morgan fingerprint density at radius 3 is 2.58 bits per heavy atom. The summed E-state index contributed by atoms with van der Waals surface area (Å²) >= 11 is 13.6. The summed E-state index contributed by atoms with van der Waals surface area (Å²) in [4.78, 5) is 41.9. The average Bonchev–Trinajstić information content (AvgIpc) is 3.46. The third kappa shape index (κ3) is 4.90. The smallest absolute Gasteiger partial charge is 0.259 e. The summed E-state index contributed by atoms with van der Waals surface area (Å²) in [5, 5.41) is 3.94. The molecule has 12 heteroatoms. The standard InChI is InChI=1S/C26H21Cl2N5O4S/c1-13-7-15(16-8-22(28)30-10-20(16)36-2)17(9-29-13)24(34)32-26-31-19-11-33(12-21(19)38-26)25(35)14-5-4-6-18(27)23(14)37-3/h4-10H,11-12H2,1-3H3,(H,31,32,34). The van der Waals surface area contributed by atoms with Crippen LogP contribution < -0.4 is 14.8 Å². The van der Waals surface area contributed by atoms with Gasteiger partial charge in [0.2, 0.25) is 0 Å². The normalized spacial score (nSPS) is 12.3. The van der Waals surface area contributed by atoms with Crippen molar-refractivity contribution in [3.8, 4) is 22.6 Å². The largest absolute Gasteiger partial charge is 0.494 e. The van der Waals surface area contributed by atoms with Crippen LogP contribution in [0.25, 0.3) is 11.1 Å². The molecule has 9 nitrogen and oxygen atoms in total. The number of para-hydroxylation sites is 1. The van der Waals surface area contributed by atoms with E-state index in [1.54, 1.807) is 35.2 Å². The van der Waals surface area contributed by atoms with Crippen LogP contribution in [0.15, 0.2) is 42.7 Å². The van der Waals surface area contributed by atoms with E-state index in [4.69, 9.17) is 32.7 Å². The van der Waals surface area contributed by atoms with E-state index in [1.807, 2.05) is 6.92 Å². The summed E-state index contributed by atoms with van der Waals surface area (Å²) < 4.78 is 10.8. The molecule has 38 heavy (non-hydrogen) atoms. The van der Waals surface area contributed by atoms with E-state index in [0.29, 0.717) is 57.0 Å². The van der Waals surface area contributed by atoms with E-state index >= 15 is 0 Å². The Hall–Kier alpha value is -3.73. The third-order valence-electron chi connectivity index (χ3n) is 5.99. The van der Waals surface area contributed by atoms with E-state index in [2.05, 4.69) is 20.3 Å². The van der Waals surface area contributed by atoms with Crippen LogP contribution in [-0.4, -0.2) is 45.9 Å². The number of carbonyl (C=O) groups excluding carboxylic acids is 2. The molecule has 1 aliphatic rings. The highest BCUT2D eigenvalue weighted by atomic mass is 35.5. The van der Waals surface area contributed by atoms with E-state index < -0.39 is 0 Å². The molecule has 0 unspecified atom stereocenters. The van der Waals surface area contributed by atoms with Gasteiger partial charge in [0.1, 0.15) is 16.7 Å². The first-order valence-electron chi connectivity index (χ1n) is 11.4. The first-order valence-corrected chi connectivity index (χ1v) is 12.9. The molecule has 0 bridgehead atoms. The first-order chi connectivity index (χ1) is 18.3. The first kappa shape index (κ1) is 25.9. The lowest BCUT2D eigenvalue weighted by Gasteiger charge is -2.18. The predicted octanol–water partition coefficient (Wildman–Crippen LogP) is 5.64. The molecule has 2 amide bonds. The zero-order valence-corrected chi connectivity index (χ0v) is 22.9. The van der Waals surface area contributed by atoms with Gasteiger partial charge in [-0.1, -0.05) is 40.6 Å². The molecule has 0 saturated heterocycles. The number of ether oxygens (including phenoxy) is 2. The molecular formula is C26H21Cl2N5O4S.